The maximum absolute atomic E-state index is 5.67. The number of halogens is 1. The molecule has 0 aliphatic heterocycles. The van der Waals surface area contributed by atoms with Crippen molar-refractivity contribution in [2.45, 2.75) is 19.8 Å². The summed E-state index contributed by atoms with van der Waals surface area (Å²) in [5.74, 6) is 1.49. The van der Waals surface area contributed by atoms with Crippen LogP contribution in [0.15, 0.2) is 24.3 Å². The van der Waals surface area contributed by atoms with Crippen LogP contribution in [-0.2, 0) is 12.8 Å². The van der Waals surface area contributed by atoms with Crippen LogP contribution in [0, 0.1) is 6.92 Å². The summed E-state index contributed by atoms with van der Waals surface area (Å²) in [6.45, 7) is 2.68. The Morgan fingerprint density at radius 3 is 2.72 bits per heavy atom. The van der Waals surface area contributed by atoms with Gasteiger partial charge in [-0.25, -0.2) is 0 Å². The molecule has 96 valence electrons. The average Bonchev–Trinajstić information content (AvgIpc) is 2.78. The summed E-state index contributed by atoms with van der Waals surface area (Å²) < 4.78 is 5.67. The van der Waals surface area contributed by atoms with Gasteiger partial charge in [0.15, 0.2) is 0 Å². The molecule has 3 nitrogen and oxygen atoms in total. The molecule has 0 saturated heterocycles. The Morgan fingerprint density at radius 1 is 1.22 bits per heavy atom. The molecule has 5 heteroatoms. The van der Waals surface area contributed by atoms with Crippen LogP contribution in [0.1, 0.15) is 15.6 Å². The minimum absolute atomic E-state index is 0.592. The van der Waals surface area contributed by atoms with Crippen LogP contribution in [0.3, 0.4) is 0 Å². The van der Waals surface area contributed by atoms with Gasteiger partial charge in [0.1, 0.15) is 15.8 Å². The zero-order valence-electron chi connectivity index (χ0n) is 10.2. The fraction of sp³-hybridized carbons (Fsp3) is 0.385. The van der Waals surface area contributed by atoms with Crippen molar-refractivity contribution < 1.29 is 4.74 Å². The molecule has 0 radical (unpaired) electrons. The first-order valence-electron chi connectivity index (χ1n) is 5.84. The Hall–Kier alpha value is -1.13. The third-order valence-electron chi connectivity index (χ3n) is 2.39. The van der Waals surface area contributed by atoms with E-state index in [0.29, 0.717) is 12.5 Å². The van der Waals surface area contributed by atoms with E-state index in [4.69, 9.17) is 16.3 Å². The van der Waals surface area contributed by atoms with Gasteiger partial charge in [0.05, 0.1) is 6.61 Å². The number of hydrogen-bond acceptors (Lipinski definition) is 4. The van der Waals surface area contributed by atoms with Gasteiger partial charge in [-0.05, 0) is 24.6 Å². The Morgan fingerprint density at radius 2 is 2.00 bits per heavy atom. The molecule has 0 aliphatic carbocycles. The van der Waals surface area contributed by atoms with Crippen molar-refractivity contribution in [2.75, 3.05) is 12.5 Å². The van der Waals surface area contributed by atoms with E-state index < -0.39 is 0 Å². The van der Waals surface area contributed by atoms with Crippen LogP contribution in [0.4, 0.5) is 0 Å². The highest BCUT2D eigenvalue weighted by Gasteiger charge is 2.04. The van der Waals surface area contributed by atoms with E-state index in [1.54, 1.807) is 11.3 Å². The first kappa shape index (κ1) is 13.3. The van der Waals surface area contributed by atoms with Crippen LogP contribution in [0.5, 0.6) is 5.75 Å². The van der Waals surface area contributed by atoms with Gasteiger partial charge >= 0.3 is 0 Å². The molecule has 0 atom stereocenters. The number of aromatic nitrogens is 2. The van der Waals surface area contributed by atoms with E-state index in [9.17, 15) is 0 Å². The van der Waals surface area contributed by atoms with E-state index in [0.717, 1.165) is 28.6 Å². The molecule has 1 aromatic heterocycles. The van der Waals surface area contributed by atoms with Crippen molar-refractivity contribution in [3.63, 3.8) is 0 Å². The molecule has 0 bridgehead atoms. The van der Waals surface area contributed by atoms with Crippen LogP contribution in [0.25, 0.3) is 0 Å². The zero-order valence-corrected chi connectivity index (χ0v) is 11.8. The van der Waals surface area contributed by atoms with Crippen molar-refractivity contribution in [2.24, 2.45) is 0 Å². The van der Waals surface area contributed by atoms with E-state index in [-0.39, 0.29) is 0 Å². The number of nitrogens with zero attached hydrogens (tertiary/aromatic N) is 2. The van der Waals surface area contributed by atoms with E-state index in [2.05, 4.69) is 23.2 Å². The van der Waals surface area contributed by atoms with Gasteiger partial charge in [-0.1, -0.05) is 12.1 Å². The summed E-state index contributed by atoms with van der Waals surface area (Å²) >= 11 is 7.27. The molecular weight excluding hydrogens is 268 g/mol. The van der Waals surface area contributed by atoms with Gasteiger partial charge in [-0.3, -0.25) is 0 Å². The van der Waals surface area contributed by atoms with Crippen molar-refractivity contribution in [3.05, 3.63) is 39.8 Å². The minimum Gasteiger partial charge on any atom is -0.493 e. The van der Waals surface area contributed by atoms with Crippen molar-refractivity contribution in [1.29, 1.82) is 0 Å². The summed E-state index contributed by atoms with van der Waals surface area (Å²) in [6.07, 6.45) is 1.58. The summed E-state index contributed by atoms with van der Waals surface area (Å²) in [7, 11) is 0. The van der Waals surface area contributed by atoms with Gasteiger partial charge in [0.2, 0.25) is 0 Å². The van der Waals surface area contributed by atoms with E-state index in [1.807, 2.05) is 18.2 Å². The molecule has 1 heterocycles. The number of benzene rings is 1. The second kappa shape index (κ2) is 6.71. The number of alkyl halides is 1. The van der Waals surface area contributed by atoms with Crippen LogP contribution < -0.4 is 4.74 Å². The topological polar surface area (TPSA) is 35.0 Å². The lowest BCUT2D eigenvalue weighted by Crippen LogP contribution is -2.01. The fourth-order valence-electron chi connectivity index (χ4n) is 1.53. The average molecular weight is 283 g/mol. The Kier molecular flexibility index (Phi) is 4.96. The largest absolute Gasteiger partial charge is 0.493 e. The maximum atomic E-state index is 5.67. The molecular formula is C13H15ClN2OS. The maximum Gasteiger partial charge on any atom is 0.120 e. The predicted octanol–water partition coefficient (Wildman–Crippen LogP) is 3.25. The van der Waals surface area contributed by atoms with Gasteiger partial charge in [0, 0.05) is 18.7 Å². The van der Waals surface area contributed by atoms with Crippen molar-refractivity contribution in [3.8, 4) is 5.75 Å². The number of rotatable bonds is 6. The van der Waals surface area contributed by atoms with Crippen LogP contribution >= 0.6 is 22.9 Å². The Labute approximate surface area is 116 Å². The van der Waals surface area contributed by atoms with Crippen molar-refractivity contribution >= 4 is 22.9 Å². The van der Waals surface area contributed by atoms with Gasteiger partial charge in [-0.2, -0.15) is 0 Å². The molecule has 0 fully saturated rings. The van der Waals surface area contributed by atoms with Crippen molar-refractivity contribution in [1.82, 2.24) is 10.2 Å². The standard InChI is InChI=1S/C13H15ClN2OS/c1-10-3-2-4-11(9-10)17-8-6-13-16-15-12(18-13)5-7-14/h2-4,9H,5-8H2,1H3. The van der Waals surface area contributed by atoms with Gasteiger partial charge < -0.3 is 4.74 Å². The zero-order chi connectivity index (χ0) is 12.8. The smallest absolute Gasteiger partial charge is 0.120 e. The molecule has 0 saturated carbocycles. The third kappa shape index (κ3) is 3.96. The molecule has 18 heavy (non-hydrogen) atoms. The fourth-order valence-corrected chi connectivity index (χ4v) is 2.65. The summed E-state index contributed by atoms with van der Waals surface area (Å²) in [5, 5.41) is 10.2. The lowest BCUT2D eigenvalue weighted by atomic mass is 10.2. The quantitative estimate of drug-likeness (QED) is 0.763. The summed E-state index contributed by atoms with van der Waals surface area (Å²) in [5.41, 5.74) is 1.20. The number of hydrogen-bond donors (Lipinski definition) is 0. The molecule has 0 unspecified atom stereocenters. The van der Waals surface area contributed by atoms with Gasteiger partial charge in [-0.15, -0.1) is 33.1 Å². The molecule has 0 spiro atoms. The highest BCUT2D eigenvalue weighted by atomic mass is 35.5. The second-order valence-electron chi connectivity index (χ2n) is 3.94. The number of ether oxygens (including phenoxy) is 1. The molecule has 0 N–H and O–H groups in total. The summed E-state index contributed by atoms with van der Waals surface area (Å²) in [6, 6.07) is 8.04. The van der Waals surface area contributed by atoms with Crippen LogP contribution in [-0.4, -0.2) is 22.7 Å². The molecule has 2 rings (SSSR count). The van der Waals surface area contributed by atoms with Crippen LogP contribution in [0.2, 0.25) is 0 Å². The Bertz CT molecular complexity index is 501. The predicted molar refractivity (Wildman–Crippen MR) is 74.7 cm³/mol. The Balaban J connectivity index is 1.81. The SMILES string of the molecule is Cc1cccc(OCCc2nnc(CCCl)s2)c1. The van der Waals surface area contributed by atoms with Gasteiger partial charge in [0.25, 0.3) is 0 Å². The molecule has 2 aromatic rings. The molecule has 0 amide bonds. The van der Waals surface area contributed by atoms with E-state index >= 15 is 0 Å². The molecule has 1 aromatic carbocycles. The lowest BCUT2D eigenvalue weighted by molar-refractivity contribution is 0.321. The normalized spacial score (nSPS) is 10.6. The van der Waals surface area contributed by atoms with E-state index in [1.165, 1.54) is 5.56 Å². The number of aryl methyl sites for hydroxylation is 2. The third-order valence-corrected chi connectivity index (χ3v) is 3.62. The first-order valence-corrected chi connectivity index (χ1v) is 7.20. The highest BCUT2D eigenvalue weighted by Crippen LogP contribution is 2.14. The lowest BCUT2D eigenvalue weighted by Gasteiger charge is -2.04. The minimum atomic E-state index is 0.592. The second-order valence-corrected chi connectivity index (χ2v) is 5.47. The monoisotopic (exact) mass is 282 g/mol. The summed E-state index contributed by atoms with van der Waals surface area (Å²) in [4.78, 5) is 0. The molecule has 0 aliphatic rings. The first-order chi connectivity index (χ1) is 8.78. The highest BCUT2D eigenvalue weighted by molar-refractivity contribution is 7.11.